The summed E-state index contributed by atoms with van der Waals surface area (Å²) in [7, 11) is 2.80. The van der Waals surface area contributed by atoms with Crippen LogP contribution in [0, 0.1) is 12.8 Å². The van der Waals surface area contributed by atoms with Crippen LogP contribution in [0.5, 0.6) is 5.75 Å². The Kier molecular flexibility index (Phi) is 5.55. The van der Waals surface area contributed by atoms with Gasteiger partial charge in [-0.05, 0) is 25.0 Å². The number of nitrogens with one attached hydrogen (secondary N) is 1. The van der Waals surface area contributed by atoms with E-state index in [0.717, 1.165) is 5.56 Å². The average Bonchev–Trinajstić information content (AvgIpc) is 2.43. The molecule has 5 heteroatoms. The first-order chi connectivity index (χ1) is 9.40. The number of carbonyl (C=O) groups is 2. The molecule has 20 heavy (non-hydrogen) atoms. The first-order valence-electron chi connectivity index (χ1n) is 6.44. The van der Waals surface area contributed by atoms with Crippen LogP contribution in [0.1, 0.15) is 29.8 Å². The van der Waals surface area contributed by atoms with Crippen LogP contribution in [-0.2, 0) is 9.53 Å². The van der Waals surface area contributed by atoms with Gasteiger partial charge in [-0.2, -0.15) is 0 Å². The van der Waals surface area contributed by atoms with Gasteiger partial charge in [0.15, 0.2) is 0 Å². The van der Waals surface area contributed by atoms with E-state index in [0.29, 0.717) is 11.3 Å². The molecule has 1 aromatic carbocycles. The van der Waals surface area contributed by atoms with Gasteiger partial charge in [0.1, 0.15) is 11.8 Å². The molecule has 1 rings (SSSR count). The highest BCUT2D eigenvalue weighted by Crippen LogP contribution is 2.20. The summed E-state index contributed by atoms with van der Waals surface area (Å²) in [6.07, 6.45) is 0. The normalized spacial score (nSPS) is 11.9. The lowest BCUT2D eigenvalue weighted by molar-refractivity contribution is -0.144. The first kappa shape index (κ1) is 16.0. The highest BCUT2D eigenvalue weighted by atomic mass is 16.5. The van der Waals surface area contributed by atoms with E-state index in [1.54, 1.807) is 12.1 Å². The van der Waals surface area contributed by atoms with E-state index in [2.05, 4.69) is 5.32 Å². The molecule has 1 amide bonds. The van der Waals surface area contributed by atoms with Crippen molar-refractivity contribution >= 4 is 11.9 Å². The van der Waals surface area contributed by atoms with Crippen LogP contribution in [0.25, 0.3) is 0 Å². The molecule has 0 aromatic heterocycles. The molecule has 0 radical (unpaired) electrons. The number of methoxy groups -OCH3 is 2. The van der Waals surface area contributed by atoms with Crippen molar-refractivity contribution in [1.82, 2.24) is 5.32 Å². The monoisotopic (exact) mass is 279 g/mol. The molecule has 5 nitrogen and oxygen atoms in total. The summed E-state index contributed by atoms with van der Waals surface area (Å²) in [4.78, 5) is 24.0. The zero-order valence-corrected chi connectivity index (χ0v) is 12.5. The van der Waals surface area contributed by atoms with Gasteiger partial charge in [-0.3, -0.25) is 4.79 Å². The molecular formula is C15H21NO4. The van der Waals surface area contributed by atoms with Crippen molar-refractivity contribution in [3.8, 4) is 5.75 Å². The third-order valence-electron chi connectivity index (χ3n) is 3.01. The maximum atomic E-state index is 12.3. The van der Waals surface area contributed by atoms with Gasteiger partial charge in [-0.25, -0.2) is 4.79 Å². The second-order valence-corrected chi connectivity index (χ2v) is 4.92. The van der Waals surface area contributed by atoms with Crippen molar-refractivity contribution in [2.45, 2.75) is 26.8 Å². The zero-order chi connectivity index (χ0) is 15.3. The lowest BCUT2D eigenvalue weighted by atomic mass is 10.0. The molecule has 1 N–H and O–H groups in total. The van der Waals surface area contributed by atoms with Crippen molar-refractivity contribution < 1.29 is 19.1 Å². The Labute approximate surface area is 119 Å². The van der Waals surface area contributed by atoms with Crippen molar-refractivity contribution in [2.24, 2.45) is 5.92 Å². The van der Waals surface area contributed by atoms with Crippen LogP contribution >= 0.6 is 0 Å². The highest BCUT2D eigenvalue weighted by Gasteiger charge is 2.26. The predicted molar refractivity (Wildman–Crippen MR) is 75.8 cm³/mol. The molecule has 1 atom stereocenters. The number of carbonyl (C=O) groups excluding carboxylic acids is 2. The minimum absolute atomic E-state index is 0.0674. The number of ether oxygens (including phenoxy) is 2. The molecule has 0 heterocycles. The molecule has 0 bridgehead atoms. The molecule has 1 aromatic rings. The van der Waals surface area contributed by atoms with E-state index in [4.69, 9.17) is 9.47 Å². The minimum Gasteiger partial charge on any atom is -0.496 e. The van der Waals surface area contributed by atoms with Crippen LogP contribution in [0.2, 0.25) is 0 Å². The van der Waals surface area contributed by atoms with E-state index in [1.807, 2.05) is 26.8 Å². The zero-order valence-electron chi connectivity index (χ0n) is 12.5. The van der Waals surface area contributed by atoms with Gasteiger partial charge in [0.25, 0.3) is 5.91 Å². The maximum absolute atomic E-state index is 12.3. The summed E-state index contributed by atoms with van der Waals surface area (Å²) in [6, 6.07) is 4.63. The van der Waals surface area contributed by atoms with E-state index in [1.165, 1.54) is 14.2 Å². The van der Waals surface area contributed by atoms with E-state index in [9.17, 15) is 9.59 Å². The largest absolute Gasteiger partial charge is 0.496 e. The van der Waals surface area contributed by atoms with E-state index < -0.39 is 12.0 Å². The summed E-state index contributed by atoms with van der Waals surface area (Å²) in [5, 5.41) is 2.69. The van der Waals surface area contributed by atoms with Gasteiger partial charge in [0.05, 0.1) is 19.8 Å². The number of hydrogen-bond donors (Lipinski definition) is 1. The van der Waals surface area contributed by atoms with Crippen molar-refractivity contribution in [3.63, 3.8) is 0 Å². The molecule has 0 aliphatic rings. The molecule has 0 aliphatic heterocycles. The molecule has 0 aliphatic carbocycles. The van der Waals surface area contributed by atoms with Gasteiger partial charge >= 0.3 is 5.97 Å². The van der Waals surface area contributed by atoms with Crippen LogP contribution in [0.15, 0.2) is 18.2 Å². The fourth-order valence-electron chi connectivity index (χ4n) is 1.84. The molecule has 0 saturated carbocycles. The number of amides is 1. The molecule has 110 valence electrons. The molecule has 0 spiro atoms. The quantitative estimate of drug-likeness (QED) is 0.836. The van der Waals surface area contributed by atoms with Crippen molar-refractivity contribution in [1.29, 1.82) is 0 Å². The predicted octanol–water partition coefficient (Wildman–Crippen LogP) is 1.93. The summed E-state index contributed by atoms with van der Waals surface area (Å²) in [6.45, 7) is 5.57. The van der Waals surface area contributed by atoms with Crippen LogP contribution in [0.3, 0.4) is 0 Å². The number of rotatable bonds is 5. The van der Waals surface area contributed by atoms with Gasteiger partial charge < -0.3 is 14.8 Å². The summed E-state index contributed by atoms with van der Waals surface area (Å²) >= 11 is 0. The van der Waals surface area contributed by atoms with Crippen LogP contribution < -0.4 is 10.1 Å². The smallest absolute Gasteiger partial charge is 0.328 e. The van der Waals surface area contributed by atoms with Crippen LogP contribution in [-0.4, -0.2) is 32.1 Å². The van der Waals surface area contributed by atoms with Crippen molar-refractivity contribution in [3.05, 3.63) is 29.3 Å². The Morgan fingerprint density at radius 3 is 2.35 bits per heavy atom. The van der Waals surface area contributed by atoms with Gasteiger partial charge in [0.2, 0.25) is 0 Å². The molecule has 0 saturated heterocycles. The SMILES string of the molecule is COC(=O)C(NC(=O)c1cc(C)ccc1OC)C(C)C. The third-order valence-corrected chi connectivity index (χ3v) is 3.01. The summed E-state index contributed by atoms with van der Waals surface area (Å²) in [5.41, 5.74) is 1.34. The van der Waals surface area contributed by atoms with Crippen LogP contribution in [0.4, 0.5) is 0 Å². The lowest BCUT2D eigenvalue weighted by Gasteiger charge is -2.20. The Hall–Kier alpha value is -2.04. The third kappa shape index (κ3) is 3.73. The molecule has 1 unspecified atom stereocenters. The second kappa shape index (κ2) is 6.93. The van der Waals surface area contributed by atoms with Gasteiger partial charge in [-0.1, -0.05) is 25.5 Å². The topological polar surface area (TPSA) is 64.6 Å². The average molecular weight is 279 g/mol. The number of esters is 1. The Balaban J connectivity index is 3.00. The lowest BCUT2D eigenvalue weighted by Crippen LogP contribution is -2.45. The fraction of sp³-hybridized carbons (Fsp3) is 0.467. The summed E-state index contributed by atoms with van der Waals surface area (Å²) < 4.78 is 9.88. The fourth-order valence-corrected chi connectivity index (χ4v) is 1.84. The number of hydrogen-bond acceptors (Lipinski definition) is 4. The second-order valence-electron chi connectivity index (χ2n) is 4.92. The van der Waals surface area contributed by atoms with Gasteiger partial charge in [0, 0.05) is 0 Å². The highest BCUT2D eigenvalue weighted by molar-refractivity contribution is 5.99. The molecule has 0 fully saturated rings. The summed E-state index contributed by atoms with van der Waals surface area (Å²) in [5.74, 6) is -0.405. The maximum Gasteiger partial charge on any atom is 0.328 e. The van der Waals surface area contributed by atoms with E-state index in [-0.39, 0.29) is 11.8 Å². The number of aryl methyl sites for hydroxylation is 1. The number of benzene rings is 1. The Bertz CT molecular complexity index is 497. The minimum atomic E-state index is -0.683. The first-order valence-corrected chi connectivity index (χ1v) is 6.44. The van der Waals surface area contributed by atoms with Crippen molar-refractivity contribution in [2.75, 3.05) is 14.2 Å². The Morgan fingerprint density at radius 2 is 1.85 bits per heavy atom. The standard InChI is InChI=1S/C15H21NO4/c1-9(2)13(15(18)20-5)16-14(17)11-8-10(3)6-7-12(11)19-4/h6-9,13H,1-5H3,(H,16,17). The van der Waals surface area contributed by atoms with Gasteiger partial charge in [-0.15, -0.1) is 0 Å². The van der Waals surface area contributed by atoms with E-state index >= 15 is 0 Å². The molecular weight excluding hydrogens is 258 g/mol. The Morgan fingerprint density at radius 1 is 1.20 bits per heavy atom.